The topological polar surface area (TPSA) is 73.2 Å². The Morgan fingerprint density at radius 2 is 2.17 bits per heavy atom. The van der Waals surface area contributed by atoms with Crippen LogP contribution in [-0.4, -0.2) is 33.5 Å². The first-order valence-electron chi connectivity index (χ1n) is 7.74. The molecular weight excluding hydrogens is 326 g/mol. The Labute approximate surface area is 144 Å². The van der Waals surface area contributed by atoms with Gasteiger partial charge in [-0.25, -0.2) is 4.79 Å². The number of aromatic nitrogens is 2. The number of ether oxygens (including phenoxy) is 1. The van der Waals surface area contributed by atoms with Gasteiger partial charge in [-0.05, 0) is 45.0 Å². The number of thioether (sulfide) groups is 1. The number of nitrogens with zero attached hydrogens (tertiary/aromatic N) is 2. The molecule has 0 aliphatic carbocycles. The van der Waals surface area contributed by atoms with Crippen molar-refractivity contribution < 1.29 is 14.3 Å². The summed E-state index contributed by atoms with van der Waals surface area (Å²) < 4.78 is 7.13. The third-order valence-corrected chi connectivity index (χ3v) is 4.96. The maximum absolute atomic E-state index is 12.2. The monoisotopic (exact) mass is 345 g/mol. The number of aryl methyl sites for hydroxylation is 2. The zero-order valence-electron chi connectivity index (χ0n) is 13.8. The highest BCUT2D eigenvalue weighted by Gasteiger charge is 2.24. The second kappa shape index (κ2) is 6.68. The summed E-state index contributed by atoms with van der Waals surface area (Å²) in [6.07, 6.45) is 0. The number of carbonyl (C=O) groups excluding carboxylic acids is 2. The maximum Gasteiger partial charge on any atom is 0.338 e. The number of anilines is 1. The van der Waals surface area contributed by atoms with E-state index in [0.717, 1.165) is 16.3 Å². The van der Waals surface area contributed by atoms with Gasteiger partial charge in [0.15, 0.2) is 0 Å². The first kappa shape index (κ1) is 16.6. The highest BCUT2D eigenvalue weighted by molar-refractivity contribution is 8.00. The average molecular weight is 345 g/mol. The number of rotatable bonds is 4. The van der Waals surface area contributed by atoms with Gasteiger partial charge in [0.25, 0.3) is 0 Å². The largest absolute Gasteiger partial charge is 0.460 e. The van der Waals surface area contributed by atoms with E-state index in [1.165, 1.54) is 11.8 Å². The van der Waals surface area contributed by atoms with E-state index in [0.29, 0.717) is 17.8 Å². The molecule has 0 fully saturated rings. The van der Waals surface area contributed by atoms with Crippen molar-refractivity contribution in [1.82, 2.24) is 9.78 Å². The molecule has 1 atom stereocenters. The molecular formula is C17H19N3O3S. The fourth-order valence-corrected chi connectivity index (χ4v) is 3.48. The van der Waals surface area contributed by atoms with E-state index in [1.807, 2.05) is 37.6 Å². The van der Waals surface area contributed by atoms with Crippen molar-refractivity contribution in [2.75, 3.05) is 11.9 Å². The van der Waals surface area contributed by atoms with Gasteiger partial charge in [-0.3, -0.25) is 9.48 Å². The minimum absolute atomic E-state index is 0.0532. The summed E-state index contributed by atoms with van der Waals surface area (Å²) in [5, 5.41) is 7.01. The summed E-state index contributed by atoms with van der Waals surface area (Å²) in [6, 6.07) is 7.21. The van der Waals surface area contributed by atoms with Crippen molar-refractivity contribution in [1.29, 1.82) is 0 Å². The van der Waals surface area contributed by atoms with Gasteiger partial charge >= 0.3 is 5.97 Å². The second-order valence-electron chi connectivity index (χ2n) is 5.75. The average Bonchev–Trinajstić information content (AvgIpc) is 2.85. The van der Waals surface area contributed by atoms with Gasteiger partial charge < -0.3 is 10.1 Å². The van der Waals surface area contributed by atoms with Crippen molar-refractivity contribution in [2.45, 2.75) is 37.5 Å². The first-order chi connectivity index (χ1) is 11.4. The van der Waals surface area contributed by atoms with E-state index in [9.17, 15) is 9.59 Å². The molecule has 1 N–H and O–H groups in total. The Morgan fingerprint density at radius 3 is 2.88 bits per heavy atom. The Bertz CT molecular complexity index is 800. The summed E-state index contributed by atoms with van der Waals surface area (Å²) >= 11 is 1.48. The molecule has 0 spiro atoms. The maximum atomic E-state index is 12.2. The van der Waals surface area contributed by atoms with Gasteiger partial charge in [0.2, 0.25) is 5.91 Å². The van der Waals surface area contributed by atoms with Gasteiger partial charge in [0.05, 0.1) is 28.7 Å². The molecule has 126 valence electrons. The van der Waals surface area contributed by atoms with Gasteiger partial charge in [0, 0.05) is 10.6 Å². The third kappa shape index (κ3) is 3.46. The van der Waals surface area contributed by atoms with Gasteiger partial charge in [-0.15, -0.1) is 11.8 Å². The first-order valence-corrected chi connectivity index (χ1v) is 8.62. The molecule has 0 unspecified atom stereocenters. The minimum Gasteiger partial charge on any atom is -0.460 e. The fraction of sp³-hybridized carbons (Fsp3) is 0.353. The van der Waals surface area contributed by atoms with Crippen LogP contribution in [-0.2, 0) is 16.1 Å². The summed E-state index contributed by atoms with van der Waals surface area (Å²) in [4.78, 5) is 24.9. The third-order valence-electron chi connectivity index (χ3n) is 3.79. The molecule has 1 aliphatic heterocycles. The zero-order chi connectivity index (χ0) is 17.3. The number of esters is 1. The highest BCUT2D eigenvalue weighted by Crippen LogP contribution is 2.35. The van der Waals surface area contributed by atoms with Crippen molar-refractivity contribution in [3.8, 4) is 0 Å². The van der Waals surface area contributed by atoms with E-state index in [1.54, 1.807) is 12.1 Å². The lowest BCUT2D eigenvalue weighted by molar-refractivity contribution is -0.115. The predicted octanol–water partition coefficient (Wildman–Crippen LogP) is 2.79. The van der Waals surface area contributed by atoms with Crippen molar-refractivity contribution in [3.05, 3.63) is 41.2 Å². The second-order valence-corrected chi connectivity index (χ2v) is 7.13. The zero-order valence-corrected chi connectivity index (χ0v) is 14.6. The molecule has 0 bridgehead atoms. The van der Waals surface area contributed by atoms with Crippen LogP contribution in [0.1, 0.15) is 28.7 Å². The van der Waals surface area contributed by atoms with E-state index >= 15 is 0 Å². The minimum atomic E-state index is -0.405. The molecule has 1 aromatic carbocycles. The number of hydrogen-bond donors (Lipinski definition) is 1. The van der Waals surface area contributed by atoms with Crippen LogP contribution in [0.3, 0.4) is 0 Å². The Balaban J connectivity index is 1.62. The molecule has 1 aliphatic rings. The van der Waals surface area contributed by atoms with Crippen molar-refractivity contribution in [3.63, 3.8) is 0 Å². The molecule has 6 nitrogen and oxygen atoms in total. The number of nitrogens with one attached hydrogen (secondary N) is 1. The normalized spacial score (nSPS) is 16.5. The molecule has 1 aromatic heterocycles. The highest BCUT2D eigenvalue weighted by atomic mass is 32.2. The van der Waals surface area contributed by atoms with Gasteiger partial charge in [-0.1, -0.05) is 0 Å². The number of fused-ring (bicyclic) bond motifs is 1. The van der Waals surface area contributed by atoms with Gasteiger partial charge in [0.1, 0.15) is 6.61 Å². The SMILES string of the molecule is Cc1cc(C)n(CCOC(=O)c2ccc3c(c2)NC(=O)[C@@H](C)S3)n1. The van der Waals surface area contributed by atoms with E-state index in [4.69, 9.17) is 4.74 Å². The molecule has 2 heterocycles. The van der Waals surface area contributed by atoms with Crippen LogP contribution >= 0.6 is 11.8 Å². The number of carbonyl (C=O) groups is 2. The molecule has 0 saturated heterocycles. The van der Waals surface area contributed by atoms with E-state index < -0.39 is 5.97 Å². The standard InChI is InChI=1S/C17H19N3O3S/c1-10-8-11(2)20(19-10)6-7-23-17(22)13-4-5-15-14(9-13)18-16(21)12(3)24-15/h4-5,8-9,12H,6-7H2,1-3H3,(H,18,21)/t12-/m1/s1. The Hall–Kier alpha value is -2.28. The predicted molar refractivity (Wildman–Crippen MR) is 92.4 cm³/mol. The Morgan fingerprint density at radius 1 is 1.38 bits per heavy atom. The van der Waals surface area contributed by atoms with Crippen LogP contribution in [0.5, 0.6) is 0 Å². The van der Waals surface area contributed by atoms with Crippen LogP contribution in [0.25, 0.3) is 0 Å². The molecule has 7 heteroatoms. The van der Waals surface area contributed by atoms with Crippen LogP contribution in [0.15, 0.2) is 29.2 Å². The lowest BCUT2D eigenvalue weighted by atomic mass is 10.2. The molecule has 2 aromatic rings. The van der Waals surface area contributed by atoms with E-state index in [-0.39, 0.29) is 17.8 Å². The quantitative estimate of drug-likeness (QED) is 0.863. The molecule has 3 rings (SSSR count). The van der Waals surface area contributed by atoms with Crippen LogP contribution in [0.4, 0.5) is 5.69 Å². The summed E-state index contributed by atoms with van der Waals surface area (Å²) in [6.45, 7) is 6.50. The van der Waals surface area contributed by atoms with Crippen LogP contribution < -0.4 is 5.32 Å². The Kier molecular flexibility index (Phi) is 4.62. The van der Waals surface area contributed by atoms with E-state index in [2.05, 4.69) is 10.4 Å². The summed E-state index contributed by atoms with van der Waals surface area (Å²) in [7, 11) is 0. The summed E-state index contributed by atoms with van der Waals surface area (Å²) in [5.74, 6) is -0.459. The molecule has 1 amide bonds. The number of hydrogen-bond acceptors (Lipinski definition) is 5. The molecule has 0 saturated carbocycles. The smallest absolute Gasteiger partial charge is 0.338 e. The van der Waals surface area contributed by atoms with Crippen LogP contribution in [0.2, 0.25) is 0 Å². The molecule has 0 radical (unpaired) electrons. The van der Waals surface area contributed by atoms with Crippen LogP contribution in [0, 0.1) is 13.8 Å². The van der Waals surface area contributed by atoms with Crippen molar-refractivity contribution >= 4 is 29.3 Å². The summed E-state index contributed by atoms with van der Waals surface area (Å²) in [5.41, 5.74) is 3.07. The van der Waals surface area contributed by atoms with Gasteiger partial charge in [-0.2, -0.15) is 5.10 Å². The number of amides is 1. The number of benzene rings is 1. The lowest BCUT2D eigenvalue weighted by Gasteiger charge is -2.21. The molecule has 24 heavy (non-hydrogen) atoms. The van der Waals surface area contributed by atoms with Crippen molar-refractivity contribution in [2.24, 2.45) is 0 Å². The lowest BCUT2D eigenvalue weighted by Crippen LogP contribution is -2.26. The fourth-order valence-electron chi connectivity index (χ4n) is 2.55.